The predicted octanol–water partition coefficient (Wildman–Crippen LogP) is -0.0367. The average molecular weight is 283 g/mol. The highest BCUT2D eigenvalue weighted by Gasteiger charge is 2.31. The Morgan fingerprint density at radius 2 is 2.06 bits per heavy atom. The van der Waals surface area contributed by atoms with Gasteiger partial charge in [-0.2, -0.15) is 0 Å². The molecule has 0 bridgehead atoms. The monoisotopic (exact) mass is 283 g/mol. The molecule has 0 amide bonds. The Bertz CT molecular complexity index is 441. The lowest BCUT2D eigenvalue weighted by Gasteiger charge is -2.17. The van der Waals surface area contributed by atoms with Crippen LogP contribution < -0.4 is 5.73 Å². The summed E-state index contributed by atoms with van der Waals surface area (Å²) in [5.74, 6) is 0.689. The van der Waals surface area contributed by atoms with E-state index in [9.17, 15) is 16.8 Å². The van der Waals surface area contributed by atoms with Gasteiger partial charge in [0, 0.05) is 11.8 Å². The Balaban J connectivity index is 2.34. The van der Waals surface area contributed by atoms with Crippen LogP contribution in [-0.2, 0) is 19.7 Å². The first-order valence-corrected chi connectivity index (χ1v) is 9.56. The predicted molar refractivity (Wildman–Crippen MR) is 68.3 cm³/mol. The smallest absolute Gasteiger partial charge is 0.150 e. The second kappa shape index (κ2) is 5.67. The average Bonchev–Trinajstić information content (AvgIpc) is 2.58. The molecule has 0 aromatic carbocycles. The molecule has 0 aromatic heterocycles. The summed E-state index contributed by atoms with van der Waals surface area (Å²) in [6.07, 6.45) is 1.72. The van der Waals surface area contributed by atoms with E-state index in [2.05, 4.69) is 0 Å². The van der Waals surface area contributed by atoms with Gasteiger partial charge in [-0.15, -0.1) is 0 Å². The van der Waals surface area contributed by atoms with Crippen molar-refractivity contribution in [1.82, 2.24) is 0 Å². The third kappa shape index (κ3) is 4.93. The Morgan fingerprint density at radius 1 is 1.41 bits per heavy atom. The summed E-state index contributed by atoms with van der Waals surface area (Å²) < 4.78 is 45.1. The zero-order valence-corrected chi connectivity index (χ0v) is 11.8. The fourth-order valence-corrected chi connectivity index (χ4v) is 4.87. The maximum absolute atomic E-state index is 11.3. The van der Waals surface area contributed by atoms with Crippen molar-refractivity contribution in [2.24, 2.45) is 11.7 Å². The van der Waals surface area contributed by atoms with Crippen molar-refractivity contribution in [2.75, 3.05) is 23.0 Å². The molecule has 0 aromatic rings. The van der Waals surface area contributed by atoms with E-state index >= 15 is 0 Å². The molecule has 2 atom stereocenters. The first-order valence-electron chi connectivity index (χ1n) is 5.92. The van der Waals surface area contributed by atoms with Crippen LogP contribution >= 0.6 is 0 Å². The molecule has 17 heavy (non-hydrogen) atoms. The summed E-state index contributed by atoms with van der Waals surface area (Å²) in [7, 11) is -5.83. The Morgan fingerprint density at radius 3 is 2.53 bits per heavy atom. The van der Waals surface area contributed by atoms with Gasteiger partial charge < -0.3 is 5.73 Å². The molecule has 1 aliphatic heterocycles. The van der Waals surface area contributed by atoms with Crippen LogP contribution in [-0.4, -0.2) is 45.9 Å². The van der Waals surface area contributed by atoms with E-state index < -0.39 is 19.7 Å². The molecule has 2 N–H and O–H groups in total. The van der Waals surface area contributed by atoms with E-state index in [1.165, 1.54) is 0 Å². The van der Waals surface area contributed by atoms with Crippen molar-refractivity contribution >= 4 is 19.7 Å². The number of nitrogens with two attached hydrogens (primary N) is 1. The molecule has 1 heterocycles. The normalized spacial score (nSPS) is 25.9. The Hall–Kier alpha value is -0.140. The molecule has 0 spiro atoms. The topological polar surface area (TPSA) is 94.3 Å². The van der Waals surface area contributed by atoms with E-state index in [0.717, 1.165) is 0 Å². The highest BCUT2D eigenvalue weighted by molar-refractivity contribution is 7.91. The first kappa shape index (κ1) is 14.9. The third-order valence-corrected chi connectivity index (χ3v) is 6.89. The van der Waals surface area contributed by atoms with E-state index in [-0.39, 0.29) is 35.0 Å². The summed E-state index contributed by atoms with van der Waals surface area (Å²) in [6, 6.07) is -0.195. The molecule has 0 aliphatic carbocycles. The largest absolute Gasteiger partial charge is 0.327 e. The maximum atomic E-state index is 11.3. The molecule has 7 heteroatoms. The second-order valence-electron chi connectivity index (χ2n) is 4.71. The van der Waals surface area contributed by atoms with Crippen molar-refractivity contribution < 1.29 is 16.8 Å². The van der Waals surface area contributed by atoms with Gasteiger partial charge in [-0.3, -0.25) is 0 Å². The third-order valence-electron chi connectivity index (χ3n) is 3.31. The van der Waals surface area contributed by atoms with E-state index in [4.69, 9.17) is 5.73 Å². The number of hydrogen-bond donors (Lipinski definition) is 1. The van der Waals surface area contributed by atoms with Crippen molar-refractivity contribution in [3.05, 3.63) is 0 Å². The minimum absolute atomic E-state index is 0.00401. The van der Waals surface area contributed by atoms with Crippen molar-refractivity contribution in [1.29, 1.82) is 0 Å². The van der Waals surface area contributed by atoms with E-state index in [1.54, 1.807) is 6.92 Å². The molecule has 1 fully saturated rings. The van der Waals surface area contributed by atoms with Gasteiger partial charge in [-0.05, 0) is 25.2 Å². The molecule has 2 unspecified atom stereocenters. The molecule has 0 radical (unpaired) electrons. The van der Waals surface area contributed by atoms with E-state index in [1.807, 2.05) is 0 Å². The molecule has 102 valence electrons. The lowest BCUT2D eigenvalue weighted by atomic mass is 9.96. The van der Waals surface area contributed by atoms with Crippen LogP contribution in [0.5, 0.6) is 0 Å². The quantitative estimate of drug-likeness (QED) is 0.738. The van der Waals surface area contributed by atoms with Crippen molar-refractivity contribution in [2.45, 2.75) is 32.2 Å². The molecule has 1 rings (SSSR count). The minimum atomic E-state index is -2.94. The van der Waals surface area contributed by atoms with Crippen LogP contribution in [0.3, 0.4) is 0 Å². The van der Waals surface area contributed by atoms with Crippen LogP contribution in [0.4, 0.5) is 0 Å². The number of hydrogen-bond acceptors (Lipinski definition) is 5. The van der Waals surface area contributed by atoms with Crippen molar-refractivity contribution in [3.8, 4) is 0 Å². The van der Waals surface area contributed by atoms with E-state index in [0.29, 0.717) is 19.3 Å². The maximum Gasteiger partial charge on any atom is 0.150 e. The fourth-order valence-electron chi connectivity index (χ4n) is 2.08. The zero-order valence-electron chi connectivity index (χ0n) is 10.1. The van der Waals surface area contributed by atoms with Crippen molar-refractivity contribution in [3.63, 3.8) is 0 Å². The fraction of sp³-hybridized carbons (Fsp3) is 1.00. The lowest BCUT2D eigenvalue weighted by molar-refractivity contribution is 0.435. The number of rotatable bonds is 6. The summed E-state index contributed by atoms with van der Waals surface area (Å²) in [4.78, 5) is 0. The highest BCUT2D eigenvalue weighted by atomic mass is 32.2. The summed E-state index contributed by atoms with van der Waals surface area (Å²) in [6.45, 7) is 1.62. The molecule has 1 aliphatic rings. The lowest BCUT2D eigenvalue weighted by Crippen LogP contribution is -2.31. The first-order chi connectivity index (χ1) is 7.76. The minimum Gasteiger partial charge on any atom is -0.327 e. The molecule has 0 saturated carbocycles. The van der Waals surface area contributed by atoms with Gasteiger partial charge in [0.2, 0.25) is 0 Å². The van der Waals surface area contributed by atoms with Crippen LogP contribution in [0.15, 0.2) is 0 Å². The summed E-state index contributed by atoms with van der Waals surface area (Å²) >= 11 is 0. The number of sulfone groups is 2. The van der Waals surface area contributed by atoms with Crippen LogP contribution in [0, 0.1) is 5.92 Å². The SMILES string of the molecule is CCS(=O)(=O)CCCC(N)C1CCS(=O)(=O)C1. The molecule has 5 nitrogen and oxygen atoms in total. The van der Waals surface area contributed by atoms with Gasteiger partial charge in [0.25, 0.3) is 0 Å². The van der Waals surface area contributed by atoms with Crippen LogP contribution in [0.2, 0.25) is 0 Å². The Kier molecular flexibility index (Phi) is 4.97. The highest BCUT2D eigenvalue weighted by Crippen LogP contribution is 2.23. The summed E-state index contributed by atoms with van der Waals surface area (Å²) in [5.41, 5.74) is 5.91. The Labute approximate surface area is 104 Å². The van der Waals surface area contributed by atoms with Crippen LogP contribution in [0.25, 0.3) is 0 Å². The summed E-state index contributed by atoms with van der Waals surface area (Å²) in [5, 5.41) is 0. The zero-order chi connectivity index (χ0) is 13.1. The van der Waals surface area contributed by atoms with Gasteiger partial charge >= 0.3 is 0 Å². The van der Waals surface area contributed by atoms with Gasteiger partial charge in [-0.25, -0.2) is 16.8 Å². The molecular weight excluding hydrogens is 262 g/mol. The van der Waals surface area contributed by atoms with Gasteiger partial charge in [0.1, 0.15) is 9.84 Å². The van der Waals surface area contributed by atoms with Gasteiger partial charge in [0.05, 0.1) is 17.3 Å². The second-order valence-corrected chi connectivity index (χ2v) is 9.41. The molecular formula is C10H21NO4S2. The van der Waals surface area contributed by atoms with Gasteiger partial charge in [0.15, 0.2) is 9.84 Å². The standard InChI is InChI=1S/C10H21NO4S2/c1-2-16(12,13)6-3-4-10(11)9-5-7-17(14,15)8-9/h9-10H,2-8,11H2,1H3. The van der Waals surface area contributed by atoms with Gasteiger partial charge in [-0.1, -0.05) is 6.92 Å². The van der Waals surface area contributed by atoms with Crippen LogP contribution in [0.1, 0.15) is 26.2 Å². The molecule has 1 saturated heterocycles.